The van der Waals surface area contributed by atoms with Gasteiger partial charge >= 0.3 is 12.4 Å². The number of oxime groups is 1. The zero-order valence-corrected chi connectivity index (χ0v) is 20.8. The smallest absolute Gasteiger partial charge is 0.374 e. The lowest BCUT2D eigenvalue weighted by atomic mass is 9.85. The van der Waals surface area contributed by atoms with Gasteiger partial charge in [0.15, 0.2) is 0 Å². The van der Waals surface area contributed by atoms with Crippen LogP contribution in [0.1, 0.15) is 17.5 Å². The monoisotopic (exact) mass is 580 g/mol. The Hall–Kier alpha value is -2.63. The van der Waals surface area contributed by atoms with Crippen molar-refractivity contribution in [3.05, 3.63) is 75.8 Å². The molecule has 4 rings (SSSR count). The standard InChI is InChI=1S/C24H16Cl2F6N2O2S/c25-14-7-13(8-15(26)9-14)22(24(30,31)32)10-19(34-36-22)17-5-6-20(18-4-2-1-3-16(17)18)37-11-21(35)33-12-23(27,28)29/h1-9H,10-12H2,(H,33,35). The summed E-state index contributed by atoms with van der Waals surface area (Å²) in [7, 11) is 0. The van der Waals surface area contributed by atoms with Gasteiger partial charge in [0.1, 0.15) is 6.54 Å². The molecule has 1 N–H and O–H groups in total. The van der Waals surface area contributed by atoms with Crippen LogP contribution < -0.4 is 5.32 Å². The Labute approximate surface area is 220 Å². The molecule has 1 aliphatic rings. The maximum absolute atomic E-state index is 14.3. The number of rotatable bonds is 6. The van der Waals surface area contributed by atoms with Crippen molar-refractivity contribution >= 4 is 57.4 Å². The molecule has 4 nitrogen and oxygen atoms in total. The Bertz CT molecular complexity index is 1360. The number of amides is 1. The summed E-state index contributed by atoms with van der Waals surface area (Å²) in [6, 6.07) is 13.4. The molecule has 0 saturated carbocycles. The molecule has 1 atom stereocenters. The minimum atomic E-state index is -4.86. The highest BCUT2D eigenvalue weighted by Crippen LogP contribution is 2.50. The molecule has 1 amide bonds. The topological polar surface area (TPSA) is 50.7 Å². The second-order valence-electron chi connectivity index (χ2n) is 8.13. The highest BCUT2D eigenvalue weighted by molar-refractivity contribution is 8.00. The van der Waals surface area contributed by atoms with Crippen LogP contribution >= 0.6 is 35.0 Å². The molecule has 0 spiro atoms. The molecule has 37 heavy (non-hydrogen) atoms. The van der Waals surface area contributed by atoms with Crippen LogP contribution in [0.15, 0.2) is 64.6 Å². The molecule has 0 fully saturated rings. The Balaban J connectivity index is 1.63. The summed E-state index contributed by atoms with van der Waals surface area (Å²) in [6.07, 6.45) is -10.0. The van der Waals surface area contributed by atoms with E-state index < -0.39 is 36.8 Å². The number of nitrogens with zero attached hydrogens (tertiary/aromatic N) is 1. The summed E-state index contributed by atoms with van der Waals surface area (Å²) in [5.74, 6) is -1.09. The van der Waals surface area contributed by atoms with Gasteiger partial charge in [0.05, 0.1) is 11.5 Å². The first-order chi connectivity index (χ1) is 17.3. The first-order valence-electron chi connectivity index (χ1n) is 10.6. The number of halogens is 8. The molecule has 0 aliphatic carbocycles. The van der Waals surface area contributed by atoms with Crippen LogP contribution in [0.2, 0.25) is 10.0 Å². The Morgan fingerprint density at radius 3 is 2.27 bits per heavy atom. The van der Waals surface area contributed by atoms with Gasteiger partial charge in [0, 0.05) is 32.5 Å². The molecule has 3 aromatic carbocycles. The van der Waals surface area contributed by atoms with Crippen molar-refractivity contribution in [2.75, 3.05) is 12.3 Å². The highest BCUT2D eigenvalue weighted by Gasteiger charge is 2.62. The van der Waals surface area contributed by atoms with E-state index in [1.807, 2.05) is 0 Å². The first kappa shape index (κ1) is 27.4. The molecule has 0 saturated heterocycles. The third kappa shape index (κ3) is 5.94. The lowest BCUT2D eigenvalue weighted by Gasteiger charge is -2.29. The first-order valence-corrected chi connectivity index (χ1v) is 12.3. The van der Waals surface area contributed by atoms with Crippen molar-refractivity contribution in [1.82, 2.24) is 5.32 Å². The van der Waals surface area contributed by atoms with Crippen molar-refractivity contribution in [2.45, 2.75) is 29.3 Å². The van der Waals surface area contributed by atoms with E-state index in [9.17, 15) is 31.1 Å². The number of alkyl halides is 6. The number of benzene rings is 3. The van der Waals surface area contributed by atoms with E-state index in [0.717, 1.165) is 23.9 Å². The molecule has 196 valence electrons. The number of fused-ring (bicyclic) bond motifs is 1. The van der Waals surface area contributed by atoms with Crippen LogP contribution in [0.5, 0.6) is 0 Å². The number of carbonyl (C=O) groups excluding carboxylic acids is 1. The van der Waals surface area contributed by atoms with Crippen molar-refractivity contribution < 1.29 is 36.0 Å². The molecule has 0 radical (unpaired) electrons. The van der Waals surface area contributed by atoms with Crippen molar-refractivity contribution in [3.8, 4) is 0 Å². The predicted octanol–water partition coefficient (Wildman–Crippen LogP) is 7.50. The fraction of sp³-hybridized carbons (Fsp3) is 0.250. The zero-order chi connectivity index (χ0) is 27.0. The molecule has 1 unspecified atom stereocenters. The third-order valence-corrected chi connectivity index (χ3v) is 7.06. The molecular weight excluding hydrogens is 565 g/mol. The van der Waals surface area contributed by atoms with E-state index in [1.54, 1.807) is 35.6 Å². The molecule has 3 aromatic rings. The summed E-state index contributed by atoms with van der Waals surface area (Å²) >= 11 is 12.9. The van der Waals surface area contributed by atoms with Gasteiger partial charge in [-0.1, -0.05) is 58.7 Å². The lowest BCUT2D eigenvalue weighted by Crippen LogP contribution is -2.42. The van der Waals surface area contributed by atoms with Crippen LogP contribution in [0.3, 0.4) is 0 Å². The highest BCUT2D eigenvalue weighted by atomic mass is 35.5. The van der Waals surface area contributed by atoms with Crippen LogP contribution in [-0.4, -0.2) is 36.3 Å². The second kappa shape index (κ2) is 10.3. The van der Waals surface area contributed by atoms with Crippen LogP contribution in [0, 0.1) is 0 Å². The Morgan fingerprint density at radius 1 is 1.00 bits per heavy atom. The van der Waals surface area contributed by atoms with E-state index in [-0.39, 0.29) is 27.1 Å². The van der Waals surface area contributed by atoms with Gasteiger partial charge in [-0.2, -0.15) is 26.3 Å². The summed E-state index contributed by atoms with van der Waals surface area (Å²) in [5.41, 5.74) is -2.69. The minimum absolute atomic E-state index is 0.00859. The van der Waals surface area contributed by atoms with Crippen LogP contribution in [0.25, 0.3) is 10.8 Å². The van der Waals surface area contributed by atoms with E-state index in [4.69, 9.17) is 28.0 Å². The van der Waals surface area contributed by atoms with Gasteiger partial charge in [-0.15, -0.1) is 11.8 Å². The second-order valence-corrected chi connectivity index (χ2v) is 10.0. The van der Waals surface area contributed by atoms with Crippen LogP contribution in [0.4, 0.5) is 26.3 Å². The van der Waals surface area contributed by atoms with E-state index in [1.165, 1.54) is 12.1 Å². The Kier molecular flexibility index (Phi) is 7.60. The third-order valence-electron chi connectivity index (χ3n) is 5.55. The fourth-order valence-corrected chi connectivity index (χ4v) is 5.29. The number of hydrogen-bond acceptors (Lipinski definition) is 4. The predicted molar refractivity (Wildman–Crippen MR) is 130 cm³/mol. The van der Waals surface area contributed by atoms with Crippen molar-refractivity contribution in [1.29, 1.82) is 0 Å². The minimum Gasteiger partial charge on any atom is -0.374 e. The lowest BCUT2D eigenvalue weighted by molar-refractivity contribution is -0.275. The van der Waals surface area contributed by atoms with E-state index >= 15 is 0 Å². The van der Waals surface area contributed by atoms with Gasteiger partial charge in [-0.05, 0) is 35.0 Å². The quantitative estimate of drug-likeness (QED) is 0.242. The summed E-state index contributed by atoms with van der Waals surface area (Å²) < 4.78 is 80.0. The SMILES string of the molecule is O=C(CSc1ccc(C2=NOC(c3cc(Cl)cc(Cl)c3)(C(F)(F)F)C2)c2ccccc12)NCC(F)(F)F. The maximum Gasteiger partial charge on any atom is 0.435 e. The number of thioether (sulfide) groups is 1. The molecular formula is C24H16Cl2F6N2O2S. The van der Waals surface area contributed by atoms with Crippen molar-refractivity contribution in [2.24, 2.45) is 5.16 Å². The Morgan fingerprint density at radius 2 is 1.65 bits per heavy atom. The summed E-state index contributed by atoms with van der Waals surface area (Å²) in [4.78, 5) is 17.5. The summed E-state index contributed by atoms with van der Waals surface area (Å²) in [5, 5.41) is 6.74. The molecule has 13 heteroatoms. The van der Waals surface area contributed by atoms with Gasteiger partial charge in [-0.3, -0.25) is 4.79 Å². The number of carbonyl (C=O) groups is 1. The van der Waals surface area contributed by atoms with Gasteiger partial charge in [0.25, 0.3) is 5.60 Å². The van der Waals surface area contributed by atoms with Gasteiger partial charge < -0.3 is 10.2 Å². The van der Waals surface area contributed by atoms with Gasteiger partial charge in [-0.25, -0.2) is 0 Å². The molecule has 1 heterocycles. The number of nitrogens with one attached hydrogen (secondary N) is 1. The molecule has 0 aromatic heterocycles. The maximum atomic E-state index is 14.3. The summed E-state index contributed by atoms with van der Waals surface area (Å²) in [6.45, 7) is -1.44. The largest absolute Gasteiger partial charge is 0.435 e. The zero-order valence-electron chi connectivity index (χ0n) is 18.5. The van der Waals surface area contributed by atoms with Crippen molar-refractivity contribution in [3.63, 3.8) is 0 Å². The normalized spacial score (nSPS) is 18.0. The average Bonchev–Trinajstić information content (AvgIpc) is 3.27. The van der Waals surface area contributed by atoms with E-state index in [0.29, 0.717) is 21.2 Å². The molecule has 1 aliphatic heterocycles. The van der Waals surface area contributed by atoms with E-state index in [2.05, 4.69) is 5.16 Å². The molecule has 0 bridgehead atoms. The van der Waals surface area contributed by atoms with Crippen LogP contribution in [-0.2, 0) is 15.2 Å². The average molecular weight is 581 g/mol. The van der Waals surface area contributed by atoms with Gasteiger partial charge in [0.2, 0.25) is 5.91 Å². The fourth-order valence-electron chi connectivity index (χ4n) is 3.88. The number of hydrogen-bond donors (Lipinski definition) is 1.